The van der Waals surface area contributed by atoms with E-state index in [1.807, 2.05) is 5.16 Å². The molecule has 27 heavy (non-hydrogen) atoms. The molecule has 0 unspecified atom stereocenters. The molecule has 0 heterocycles. The van der Waals surface area contributed by atoms with Crippen molar-refractivity contribution in [2.45, 2.75) is 0 Å². The number of rotatable bonds is 2. The second kappa shape index (κ2) is 7.88. The molecular weight excluding hydrogens is 371 g/mol. The second-order valence-electron chi connectivity index (χ2n) is 5.48. The van der Waals surface area contributed by atoms with Crippen molar-refractivity contribution in [2.75, 3.05) is 0 Å². The molecular formula is C21H10F3NOS. The lowest BCUT2D eigenvalue weighted by atomic mass is 10.0. The number of phenolic OH excluding ortho intramolecular Hbond substituents is 1. The van der Waals surface area contributed by atoms with Crippen LogP contribution >= 0.6 is 12.2 Å². The van der Waals surface area contributed by atoms with Crippen molar-refractivity contribution in [3.05, 3.63) is 83.2 Å². The number of phenols is 1. The maximum absolute atomic E-state index is 14.3. The van der Waals surface area contributed by atoms with Gasteiger partial charge in [-0.3, -0.25) is 0 Å². The highest BCUT2D eigenvalue weighted by Crippen LogP contribution is 2.29. The summed E-state index contributed by atoms with van der Waals surface area (Å²) in [5.41, 5.74) is 0.652. The van der Waals surface area contributed by atoms with E-state index in [1.165, 1.54) is 24.3 Å². The van der Waals surface area contributed by atoms with Crippen LogP contribution in [0.3, 0.4) is 0 Å². The minimum Gasteiger partial charge on any atom is -0.508 e. The van der Waals surface area contributed by atoms with E-state index in [0.717, 1.165) is 18.2 Å². The third kappa shape index (κ3) is 4.24. The summed E-state index contributed by atoms with van der Waals surface area (Å²) in [6, 6.07) is 12.3. The van der Waals surface area contributed by atoms with Crippen molar-refractivity contribution in [1.82, 2.24) is 0 Å². The van der Waals surface area contributed by atoms with Gasteiger partial charge in [0.05, 0.1) is 10.7 Å². The first kappa shape index (κ1) is 18.4. The van der Waals surface area contributed by atoms with E-state index in [2.05, 4.69) is 29.1 Å². The van der Waals surface area contributed by atoms with Crippen molar-refractivity contribution < 1.29 is 18.3 Å². The zero-order valence-electron chi connectivity index (χ0n) is 13.6. The van der Waals surface area contributed by atoms with Crippen LogP contribution in [0.15, 0.2) is 59.6 Å². The molecule has 132 valence electrons. The maximum atomic E-state index is 14.3. The van der Waals surface area contributed by atoms with Gasteiger partial charge in [-0.25, -0.2) is 13.2 Å². The fraction of sp³-hybridized carbons (Fsp3) is 0. The number of thiocarbonyl (C=S) groups is 1. The van der Waals surface area contributed by atoms with E-state index in [9.17, 15) is 18.3 Å². The van der Waals surface area contributed by atoms with E-state index < -0.39 is 23.1 Å². The van der Waals surface area contributed by atoms with Crippen LogP contribution in [0.4, 0.5) is 18.9 Å². The summed E-state index contributed by atoms with van der Waals surface area (Å²) < 4.78 is 42.2. The van der Waals surface area contributed by atoms with E-state index in [-0.39, 0.29) is 16.9 Å². The number of isothiocyanates is 1. The van der Waals surface area contributed by atoms with Gasteiger partial charge in [0, 0.05) is 5.56 Å². The smallest absolute Gasteiger partial charge is 0.153 e. The number of benzene rings is 3. The molecule has 0 bridgehead atoms. The van der Waals surface area contributed by atoms with E-state index in [1.54, 1.807) is 12.1 Å². The number of halogens is 3. The van der Waals surface area contributed by atoms with E-state index in [4.69, 9.17) is 0 Å². The molecule has 2 nitrogen and oxygen atoms in total. The number of hydrogen-bond donors (Lipinski definition) is 1. The van der Waals surface area contributed by atoms with Gasteiger partial charge in [-0.15, -0.1) is 0 Å². The van der Waals surface area contributed by atoms with Crippen LogP contribution in [0.25, 0.3) is 11.1 Å². The minimum atomic E-state index is -0.918. The lowest BCUT2D eigenvalue weighted by Gasteiger charge is -2.06. The summed E-state index contributed by atoms with van der Waals surface area (Å²) in [6.45, 7) is 0. The monoisotopic (exact) mass is 381 g/mol. The van der Waals surface area contributed by atoms with Gasteiger partial charge in [0.1, 0.15) is 17.3 Å². The Hall–Kier alpha value is -3.39. The highest BCUT2D eigenvalue weighted by atomic mass is 32.1. The SMILES string of the molecule is Oc1ccc(C#Cc2ccc(-c3cc(F)c(N=C=S)c(F)c3)cc2F)cc1. The van der Waals surface area contributed by atoms with Crippen molar-refractivity contribution >= 4 is 23.1 Å². The normalized spacial score (nSPS) is 9.89. The number of nitrogens with zero attached hydrogens (tertiary/aromatic N) is 1. The first-order valence-electron chi connectivity index (χ1n) is 7.66. The number of aromatic hydroxyl groups is 1. The molecule has 0 fully saturated rings. The van der Waals surface area contributed by atoms with Gasteiger partial charge >= 0.3 is 0 Å². The zero-order valence-corrected chi connectivity index (χ0v) is 14.4. The molecule has 0 spiro atoms. The third-order valence-electron chi connectivity index (χ3n) is 3.69. The Balaban J connectivity index is 1.94. The maximum Gasteiger partial charge on any atom is 0.153 e. The molecule has 0 radical (unpaired) electrons. The second-order valence-corrected chi connectivity index (χ2v) is 5.67. The van der Waals surface area contributed by atoms with Crippen molar-refractivity contribution in [1.29, 1.82) is 0 Å². The minimum absolute atomic E-state index is 0.109. The van der Waals surface area contributed by atoms with Crippen LogP contribution < -0.4 is 0 Å². The number of aliphatic imine (C=N–C) groups is 1. The summed E-state index contributed by atoms with van der Waals surface area (Å²) in [6.07, 6.45) is 0. The summed E-state index contributed by atoms with van der Waals surface area (Å²) in [7, 11) is 0. The Morgan fingerprint density at radius 1 is 0.778 bits per heavy atom. The molecule has 0 atom stereocenters. The molecule has 6 heteroatoms. The first-order chi connectivity index (χ1) is 13.0. The molecule has 0 saturated heterocycles. The summed E-state index contributed by atoms with van der Waals surface area (Å²) in [4.78, 5) is 3.34. The molecule has 0 aromatic heterocycles. The topological polar surface area (TPSA) is 32.6 Å². The number of hydrogen-bond acceptors (Lipinski definition) is 3. The highest BCUT2D eigenvalue weighted by molar-refractivity contribution is 7.78. The quantitative estimate of drug-likeness (QED) is 0.355. The van der Waals surface area contributed by atoms with Gasteiger partial charge in [-0.05, 0) is 71.9 Å². The fourth-order valence-electron chi connectivity index (χ4n) is 2.36. The highest BCUT2D eigenvalue weighted by Gasteiger charge is 2.12. The fourth-order valence-corrected chi connectivity index (χ4v) is 2.46. The Labute approximate surface area is 158 Å². The summed E-state index contributed by atoms with van der Waals surface area (Å²) in [5.74, 6) is 3.11. The van der Waals surface area contributed by atoms with Gasteiger partial charge in [0.15, 0.2) is 11.6 Å². The van der Waals surface area contributed by atoms with Crippen molar-refractivity contribution in [3.8, 4) is 28.7 Å². The predicted molar refractivity (Wildman–Crippen MR) is 101 cm³/mol. The largest absolute Gasteiger partial charge is 0.508 e. The van der Waals surface area contributed by atoms with Crippen LogP contribution in [0.2, 0.25) is 0 Å². The lowest BCUT2D eigenvalue weighted by Crippen LogP contribution is -1.90. The lowest BCUT2D eigenvalue weighted by molar-refractivity contribution is 0.475. The molecule has 3 aromatic rings. The summed E-state index contributed by atoms with van der Waals surface area (Å²) in [5, 5.41) is 11.1. The third-order valence-corrected chi connectivity index (χ3v) is 3.78. The zero-order chi connectivity index (χ0) is 19.4. The van der Waals surface area contributed by atoms with E-state index >= 15 is 0 Å². The molecule has 0 aliphatic carbocycles. The van der Waals surface area contributed by atoms with Crippen LogP contribution in [0.5, 0.6) is 5.75 Å². The molecule has 0 saturated carbocycles. The van der Waals surface area contributed by atoms with Crippen molar-refractivity contribution in [2.24, 2.45) is 4.99 Å². The molecule has 0 amide bonds. The Kier molecular flexibility index (Phi) is 5.37. The predicted octanol–water partition coefficient (Wildman–Crippen LogP) is 5.61. The molecule has 3 rings (SSSR count). The van der Waals surface area contributed by atoms with Gasteiger partial charge in [-0.2, -0.15) is 4.99 Å². The molecule has 3 aromatic carbocycles. The van der Waals surface area contributed by atoms with Crippen LogP contribution in [-0.2, 0) is 0 Å². The molecule has 1 N–H and O–H groups in total. The van der Waals surface area contributed by atoms with Gasteiger partial charge < -0.3 is 5.11 Å². The van der Waals surface area contributed by atoms with Crippen molar-refractivity contribution in [3.63, 3.8) is 0 Å². The Morgan fingerprint density at radius 3 is 2.00 bits per heavy atom. The average molecular weight is 381 g/mol. The summed E-state index contributed by atoms with van der Waals surface area (Å²) >= 11 is 4.35. The van der Waals surface area contributed by atoms with Crippen LogP contribution in [0, 0.1) is 29.3 Å². The van der Waals surface area contributed by atoms with Crippen LogP contribution in [-0.4, -0.2) is 10.3 Å². The van der Waals surface area contributed by atoms with E-state index in [0.29, 0.717) is 11.1 Å². The van der Waals surface area contributed by atoms with Gasteiger partial charge in [-0.1, -0.05) is 17.9 Å². The standard InChI is InChI=1S/C21H10F3NOS/c22-18-9-15(16-10-19(23)21(25-12-27)20(24)11-16)6-5-14(18)4-1-13-2-7-17(26)8-3-13/h2-3,5-11,26H. The Morgan fingerprint density at radius 2 is 1.41 bits per heavy atom. The molecule has 0 aliphatic heterocycles. The van der Waals surface area contributed by atoms with Gasteiger partial charge in [0.2, 0.25) is 0 Å². The Bertz CT molecular complexity index is 1100. The molecule has 0 aliphatic rings. The van der Waals surface area contributed by atoms with Crippen LogP contribution in [0.1, 0.15) is 11.1 Å². The average Bonchev–Trinajstić information content (AvgIpc) is 2.65. The van der Waals surface area contributed by atoms with Gasteiger partial charge in [0.25, 0.3) is 0 Å². The first-order valence-corrected chi connectivity index (χ1v) is 8.06.